The first-order chi connectivity index (χ1) is 8.93. The van der Waals surface area contributed by atoms with Crippen molar-refractivity contribution in [2.24, 2.45) is 0 Å². The summed E-state index contributed by atoms with van der Waals surface area (Å²) in [6.45, 7) is 11.2. The van der Waals surface area contributed by atoms with Crippen molar-refractivity contribution in [1.29, 1.82) is 0 Å². The van der Waals surface area contributed by atoms with E-state index in [2.05, 4.69) is 77.1 Å². The van der Waals surface area contributed by atoms with E-state index in [-0.39, 0.29) is 5.41 Å². The van der Waals surface area contributed by atoms with Crippen LogP contribution in [0.1, 0.15) is 44.4 Å². The number of hydrogen-bond donors (Lipinski definition) is 0. The van der Waals surface area contributed by atoms with E-state index >= 15 is 0 Å². The topological polar surface area (TPSA) is 0 Å². The molecule has 0 aliphatic carbocycles. The number of benzene rings is 2. The van der Waals surface area contributed by atoms with Crippen molar-refractivity contribution in [2.45, 2.75) is 46.5 Å². The van der Waals surface area contributed by atoms with E-state index in [9.17, 15) is 0 Å². The zero-order valence-corrected chi connectivity index (χ0v) is 12.7. The van der Waals surface area contributed by atoms with Crippen LogP contribution in [-0.2, 0) is 11.8 Å². The molecule has 0 unspecified atom stereocenters. The molecule has 2 rings (SSSR count). The Bertz CT molecular complexity index is 571. The number of hydrogen-bond acceptors (Lipinski definition) is 0. The van der Waals surface area contributed by atoms with Gasteiger partial charge in [-0.2, -0.15) is 0 Å². The number of aryl methyl sites for hydroxylation is 2. The van der Waals surface area contributed by atoms with Crippen LogP contribution < -0.4 is 0 Å². The summed E-state index contributed by atoms with van der Waals surface area (Å²) in [5.41, 5.74) is 7.15. The largest absolute Gasteiger partial charge is 0.0620 e. The molecule has 0 aliphatic rings. The predicted molar refractivity (Wildman–Crippen MR) is 84.7 cm³/mol. The zero-order valence-electron chi connectivity index (χ0n) is 12.7. The summed E-state index contributed by atoms with van der Waals surface area (Å²) >= 11 is 0. The first-order valence-electron chi connectivity index (χ1n) is 7.13. The van der Waals surface area contributed by atoms with Crippen molar-refractivity contribution >= 4 is 0 Å². The highest BCUT2D eigenvalue weighted by atomic mass is 14.2. The van der Waals surface area contributed by atoms with Crippen LogP contribution in [0.3, 0.4) is 0 Å². The molecule has 0 amide bonds. The van der Waals surface area contributed by atoms with Crippen molar-refractivity contribution < 1.29 is 0 Å². The van der Waals surface area contributed by atoms with Crippen molar-refractivity contribution in [1.82, 2.24) is 0 Å². The molecule has 0 heteroatoms. The maximum atomic E-state index is 2.38. The highest BCUT2D eigenvalue weighted by Crippen LogP contribution is 2.32. The van der Waals surface area contributed by atoms with Crippen molar-refractivity contribution in [3.05, 3.63) is 59.2 Å². The van der Waals surface area contributed by atoms with Crippen LogP contribution in [0.25, 0.3) is 11.1 Å². The van der Waals surface area contributed by atoms with Crippen LogP contribution >= 0.6 is 0 Å². The van der Waals surface area contributed by atoms with Gasteiger partial charge in [0.15, 0.2) is 0 Å². The standard InChI is InChI=1S/C19H24/c1-6-15-11-12-16(19(3,4)5)13-18(15)17-10-8-7-9-14(17)2/h7-13H,6H2,1-5H3. The van der Waals surface area contributed by atoms with Gasteiger partial charge in [0.05, 0.1) is 0 Å². The maximum Gasteiger partial charge on any atom is -0.0132 e. The minimum absolute atomic E-state index is 0.198. The van der Waals surface area contributed by atoms with Crippen molar-refractivity contribution in [3.63, 3.8) is 0 Å². The minimum Gasteiger partial charge on any atom is -0.0620 e. The van der Waals surface area contributed by atoms with E-state index in [1.165, 1.54) is 27.8 Å². The van der Waals surface area contributed by atoms with E-state index in [1.807, 2.05) is 0 Å². The molecule has 2 aromatic carbocycles. The van der Waals surface area contributed by atoms with Gasteiger partial charge >= 0.3 is 0 Å². The summed E-state index contributed by atoms with van der Waals surface area (Å²) in [7, 11) is 0. The Labute approximate surface area is 117 Å². The first-order valence-corrected chi connectivity index (χ1v) is 7.13. The lowest BCUT2D eigenvalue weighted by Gasteiger charge is -2.22. The monoisotopic (exact) mass is 252 g/mol. The Morgan fingerprint density at radius 1 is 0.895 bits per heavy atom. The summed E-state index contributed by atoms with van der Waals surface area (Å²) < 4.78 is 0. The fourth-order valence-corrected chi connectivity index (χ4v) is 2.48. The molecule has 0 nitrogen and oxygen atoms in total. The molecule has 2 aromatic rings. The van der Waals surface area contributed by atoms with Crippen LogP contribution in [0.4, 0.5) is 0 Å². The van der Waals surface area contributed by atoms with E-state index in [4.69, 9.17) is 0 Å². The van der Waals surface area contributed by atoms with Crippen LogP contribution in [0, 0.1) is 6.92 Å². The zero-order chi connectivity index (χ0) is 14.0. The predicted octanol–water partition coefficient (Wildman–Crippen LogP) is 5.52. The van der Waals surface area contributed by atoms with Gasteiger partial charge in [0.1, 0.15) is 0 Å². The molecule has 0 radical (unpaired) electrons. The normalized spacial score (nSPS) is 11.6. The van der Waals surface area contributed by atoms with Gasteiger partial charge in [0.2, 0.25) is 0 Å². The second-order valence-corrected chi connectivity index (χ2v) is 6.29. The lowest BCUT2D eigenvalue weighted by Crippen LogP contribution is -2.11. The molecule has 0 bridgehead atoms. The molecule has 19 heavy (non-hydrogen) atoms. The molecule has 0 fully saturated rings. The first kappa shape index (κ1) is 13.9. The fraction of sp³-hybridized carbons (Fsp3) is 0.368. The maximum absolute atomic E-state index is 2.38. The summed E-state index contributed by atoms with van der Waals surface area (Å²) in [5, 5.41) is 0. The Hall–Kier alpha value is -1.56. The minimum atomic E-state index is 0.198. The molecule has 0 aliphatic heterocycles. The third kappa shape index (κ3) is 2.89. The van der Waals surface area contributed by atoms with Gasteiger partial charge in [-0.3, -0.25) is 0 Å². The average molecular weight is 252 g/mol. The van der Waals surface area contributed by atoms with Crippen molar-refractivity contribution in [2.75, 3.05) is 0 Å². The van der Waals surface area contributed by atoms with Gasteiger partial charge < -0.3 is 0 Å². The Balaban J connectivity index is 2.64. The lowest BCUT2D eigenvalue weighted by atomic mass is 9.83. The van der Waals surface area contributed by atoms with Crippen LogP contribution in [-0.4, -0.2) is 0 Å². The molecule has 0 heterocycles. The molecular weight excluding hydrogens is 228 g/mol. The van der Waals surface area contributed by atoms with E-state index in [0.29, 0.717) is 0 Å². The Kier molecular flexibility index (Phi) is 3.80. The molecule has 0 aromatic heterocycles. The van der Waals surface area contributed by atoms with Crippen LogP contribution in [0.5, 0.6) is 0 Å². The third-order valence-corrected chi connectivity index (χ3v) is 3.79. The second kappa shape index (κ2) is 5.21. The van der Waals surface area contributed by atoms with Gasteiger partial charge in [-0.1, -0.05) is 70.2 Å². The van der Waals surface area contributed by atoms with Crippen molar-refractivity contribution in [3.8, 4) is 11.1 Å². The van der Waals surface area contributed by atoms with Gasteiger partial charge in [0, 0.05) is 0 Å². The van der Waals surface area contributed by atoms with Gasteiger partial charge in [0.25, 0.3) is 0 Å². The van der Waals surface area contributed by atoms with Gasteiger partial charge in [-0.25, -0.2) is 0 Å². The van der Waals surface area contributed by atoms with Crippen LogP contribution in [0.15, 0.2) is 42.5 Å². The molecule has 0 atom stereocenters. The fourth-order valence-electron chi connectivity index (χ4n) is 2.48. The molecule has 0 saturated carbocycles. The van der Waals surface area contributed by atoms with Gasteiger partial charge in [-0.05, 0) is 46.6 Å². The van der Waals surface area contributed by atoms with E-state index in [0.717, 1.165) is 6.42 Å². The summed E-state index contributed by atoms with van der Waals surface area (Å²) in [4.78, 5) is 0. The lowest BCUT2D eigenvalue weighted by molar-refractivity contribution is 0.590. The average Bonchev–Trinajstić information content (AvgIpc) is 2.37. The third-order valence-electron chi connectivity index (χ3n) is 3.79. The molecular formula is C19H24. The highest BCUT2D eigenvalue weighted by molar-refractivity contribution is 5.71. The smallest absolute Gasteiger partial charge is 0.0132 e. The van der Waals surface area contributed by atoms with Gasteiger partial charge in [-0.15, -0.1) is 0 Å². The van der Waals surface area contributed by atoms with Crippen LogP contribution in [0.2, 0.25) is 0 Å². The summed E-state index contributed by atoms with van der Waals surface area (Å²) in [5.74, 6) is 0. The molecule has 0 N–H and O–H groups in total. The SMILES string of the molecule is CCc1ccc(C(C)(C)C)cc1-c1ccccc1C. The molecule has 100 valence electrons. The molecule has 0 spiro atoms. The Morgan fingerprint density at radius 3 is 2.16 bits per heavy atom. The Morgan fingerprint density at radius 2 is 1.58 bits per heavy atom. The summed E-state index contributed by atoms with van der Waals surface area (Å²) in [6, 6.07) is 15.6. The summed E-state index contributed by atoms with van der Waals surface area (Å²) in [6.07, 6.45) is 1.08. The quantitative estimate of drug-likeness (QED) is 0.660. The second-order valence-electron chi connectivity index (χ2n) is 6.29. The number of rotatable bonds is 2. The highest BCUT2D eigenvalue weighted by Gasteiger charge is 2.16. The molecule has 0 saturated heterocycles. The van der Waals surface area contributed by atoms with E-state index in [1.54, 1.807) is 0 Å². The van der Waals surface area contributed by atoms with E-state index < -0.39 is 0 Å².